The molecule has 1 atom stereocenters. The maximum absolute atomic E-state index is 13.4. The van der Waals surface area contributed by atoms with E-state index in [0.29, 0.717) is 30.2 Å². The Balaban J connectivity index is 1.42. The maximum Gasteiger partial charge on any atom is 0.247 e. The van der Waals surface area contributed by atoms with E-state index in [1.165, 1.54) is 4.90 Å². The molecule has 0 saturated carbocycles. The number of carbonyl (C=O) groups excluding carboxylic acids is 2. The van der Waals surface area contributed by atoms with Gasteiger partial charge in [-0.15, -0.1) is 0 Å². The minimum atomic E-state index is -0.731. The lowest BCUT2D eigenvalue weighted by Crippen LogP contribution is -2.44. The number of nitriles is 1. The van der Waals surface area contributed by atoms with Crippen molar-refractivity contribution in [2.45, 2.75) is 38.8 Å². The molecule has 1 aliphatic heterocycles. The molecule has 1 fully saturated rings. The summed E-state index contributed by atoms with van der Waals surface area (Å²) in [6.45, 7) is 2.48. The summed E-state index contributed by atoms with van der Waals surface area (Å²) in [6, 6.07) is 12.1. The minimum Gasteiger partial charge on any atom is -0.497 e. The van der Waals surface area contributed by atoms with E-state index >= 15 is 0 Å². The quantitative estimate of drug-likeness (QED) is 0.174. The number of ether oxygens (including phenoxy) is 2. The largest absolute Gasteiger partial charge is 0.497 e. The summed E-state index contributed by atoms with van der Waals surface area (Å²) in [6.07, 6.45) is 3.90. The Hall–Kier alpha value is -4.72. The van der Waals surface area contributed by atoms with Crippen LogP contribution in [0.1, 0.15) is 30.6 Å². The van der Waals surface area contributed by atoms with Gasteiger partial charge >= 0.3 is 0 Å². The van der Waals surface area contributed by atoms with Crippen molar-refractivity contribution in [3.05, 3.63) is 53.8 Å². The zero-order chi connectivity index (χ0) is 27.8. The first kappa shape index (κ1) is 27.3. The van der Waals surface area contributed by atoms with Gasteiger partial charge in [-0.1, -0.05) is 0 Å². The third-order valence-corrected chi connectivity index (χ3v) is 6.42. The Morgan fingerprint density at radius 3 is 2.79 bits per heavy atom. The molecule has 1 saturated heterocycles. The molecule has 0 aliphatic carbocycles. The monoisotopic (exact) mass is 532 g/mol. The lowest BCUT2D eigenvalue weighted by Gasteiger charge is -2.23. The first-order chi connectivity index (χ1) is 18.9. The number of anilines is 1. The number of hydrogen-bond donors (Lipinski definition) is 3. The Morgan fingerprint density at radius 2 is 2.03 bits per heavy atom. The lowest BCUT2D eigenvalue weighted by molar-refractivity contribution is -0.136. The summed E-state index contributed by atoms with van der Waals surface area (Å²) < 4.78 is 16.2. The van der Waals surface area contributed by atoms with Crippen LogP contribution in [0.2, 0.25) is 0 Å². The third kappa shape index (κ3) is 6.98. The third-order valence-electron chi connectivity index (χ3n) is 6.42. The number of amides is 2. The van der Waals surface area contributed by atoms with Crippen LogP contribution in [0.5, 0.6) is 11.5 Å². The molecule has 2 amide bonds. The second kappa shape index (κ2) is 12.7. The van der Waals surface area contributed by atoms with Crippen LogP contribution in [-0.4, -0.2) is 56.0 Å². The van der Waals surface area contributed by atoms with Crippen molar-refractivity contribution in [1.82, 2.24) is 15.5 Å². The molecule has 0 radical (unpaired) electrons. The Morgan fingerprint density at radius 1 is 1.18 bits per heavy atom. The fourth-order valence-corrected chi connectivity index (χ4v) is 4.48. The van der Waals surface area contributed by atoms with E-state index in [2.05, 4.69) is 20.9 Å². The number of nitrogens with zero attached hydrogens (tertiary/aromatic N) is 3. The maximum atomic E-state index is 13.4. The zero-order valence-corrected chi connectivity index (χ0v) is 22.2. The molecule has 2 heterocycles. The van der Waals surface area contributed by atoms with Gasteiger partial charge in [-0.3, -0.25) is 14.9 Å². The van der Waals surface area contributed by atoms with Gasteiger partial charge in [-0.05, 0) is 62.6 Å². The van der Waals surface area contributed by atoms with Crippen molar-refractivity contribution >= 4 is 34.4 Å². The number of furan rings is 1. The first-order valence-corrected chi connectivity index (χ1v) is 12.7. The summed E-state index contributed by atoms with van der Waals surface area (Å²) in [5, 5.41) is 18.7. The van der Waals surface area contributed by atoms with Gasteiger partial charge in [-0.25, -0.2) is 4.99 Å². The lowest BCUT2D eigenvalue weighted by atomic mass is 10.1. The highest BCUT2D eigenvalue weighted by Crippen LogP contribution is 2.25. The van der Waals surface area contributed by atoms with Crippen LogP contribution in [0, 0.1) is 18.4 Å². The highest BCUT2D eigenvalue weighted by Gasteiger charge is 2.28. The summed E-state index contributed by atoms with van der Waals surface area (Å²) in [4.78, 5) is 32.2. The van der Waals surface area contributed by atoms with Gasteiger partial charge < -0.3 is 29.4 Å². The Labute approximate surface area is 226 Å². The zero-order valence-electron chi connectivity index (χ0n) is 22.2. The van der Waals surface area contributed by atoms with E-state index < -0.39 is 6.04 Å². The van der Waals surface area contributed by atoms with Gasteiger partial charge in [0.2, 0.25) is 17.8 Å². The van der Waals surface area contributed by atoms with Crippen LogP contribution in [0.25, 0.3) is 11.0 Å². The molecule has 11 nitrogen and oxygen atoms in total. The van der Waals surface area contributed by atoms with Crippen molar-refractivity contribution in [3.63, 3.8) is 0 Å². The molecular weight excluding hydrogens is 500 g/mol. The fraction of sp³-hybridized carbons (Fsp3) is 0.357. The van der Waals surface area contributed by atoms with E-state index in [-0.39, 0.29) is 30.9 Å². The van der Waals surface area contributed by atoms with Crippen molar-refractivity contribution in [3.8, 4) is 17.7 Å². The highest BCUT2D eigenvalue weighted by atomic mass is 16.5. The normalized spacial score (nSPS) is 15.8. The molecular formula is C28H32N6O5. The summed E-state index contributed by atoms with van der Waals surface area (Å²) >= 11 is 0. The van der Waals surface area contributed by atoms with Crippen LogP contribution in [-0.2, 0) is 16.1 Å². The first-order valence-electron chi connectivity index (χ1n) is 12.7. The van der Waals surface area contributed by atoms with E-state index in [0.717, 1.165) is 35.1 Å². The average Bonchev–Trinajstić information content (AvgIpc) is 3.22. The summed E-state index contributed by atoms with van der Waals surface area (Å²) in [5.41, 5.74) is 2.23. The number of aryl methyl sites for hydroxylation is 1. The summed E-state index contributed by atoms with van der Waals surface area (Å²) in [5.74, 6) is 1.66. The van der Waals surface area contributed by atoms with E-state index in [1.54, 1.807) is 26.4 Å². The van der Waals surface area contributed by atoms with E-state index in [4.69, 9.17) is 13.9 Å². The molecule has 204 valence electrons. The minimum absolute atomic E-state index is 0.0890. The number of rotatable bonds is 8. The number of benzene rings is 2. The standard InChI is InChI=1S/C28H32N6O5/c1-18-12-20-13-21(8-10-24(20)39-18)32-28(31-17-29)33-23-6-4-5-11-34(27(23)36)16-26(35)30-15-19-7-9-22(37-2)14-25(19)38-3/h7-10,12-14,23H,4-6,11,15-16H2,1-3H3,(H,30,35)(H2,31,32,33). The molecule has 1 aromatic heterocycles. The Bertz CT molecular complexity index is 1410. The molecule has 3 N–H and O–H groups in total. The van der Waals surface area contributed by atoms with Crippen molar-refractivity contribution < 1.29 is 23.5 Å². The van der Waals surface area contributed by atoms with Crippen LogP contribution in [0.3, 0.4) is 0 Å². The van der Waals surface area contributed by atoms with Crippen molar-refractivity contribution in [1.29, 1.82) is 5.26 Å². The van der Waals surface area contributed by atoms with Gasteiger partial charge in [0, 0.05) is 35.8 Å². The molecule has 39 heavy (non-hydrogen) atoms. The Kier molecular flexibility index (Phi) is 8.89. The van der Waals surface area contributed by atoms with Crippen LogP contribution in [0.4, 0.5) is 5.69 Å². The number of nitrogens with one attached hydrogen (secondary N) is 3. The van der Waals surface area contributed by atoms with Gasteiger partial charge in [-0.2, -0.15) is 5.26 Å². The topological polar surface area (TPSA) is 141 Å². The number of guanidine groups is 1. The van der Waals surface area contributed by atoms with Crippen LogP contribution in [0.15, 0.2) is 51.9 Å². The molecule has 0 spiro atoms. The van der Waals surface area contributed by atoms with Crippen LogP contribution < -0.4 is 25.4 Å². The fourth-order valence-electron chi connectivity index (χ4n) is 4.48. The molecule has 4 rings (SSSR count). The van der Waals surface area contributed by atoms with Crippen molar-refractivity contribution in [2.75, 3.05) is 32.6 Å². The predicted octanol–water partition coefficient (Wildman–Crippen LogP) is 3.29. The summed E-state index contributed by atoms with van der Waals surface area (Å²) in [7, 11) is 3.12. The number of methoxy groups -OCH3 is 2. The molecule has 0 bridgehead atoms. The van der Waals surface area contributed by atoms with Gasteiger partial charge in [0.05, 0.1) is 20.8 Å². The van der Waals surface area contributed by atoms with Gasteiger partial charge in [0.1, 0.15) is 28.9 Å². The van der Waals surface area contributed by atoms with Gasteiger partial charge in [0.25, 0.3) is 0 Å². The van der Waals surface area contributed by atoms with Crippen molar-refractivity contribution in [2.24, 2.45) is 4.99 Å². The molecule has 2 aromatic carbocycles. The van der Waals surface area contributed by atoms with E-state index in [9.17, 15) is 14.9 Å². The molecule has 3 aromatic rings. The smallest absolute Gasteiger partial charge is 0.247 e. The highest BCUT2D eigenvalue weighted by molar-refractivity contribution is 5.98. The molecule has 11 heteroatoms. The van der Waals surface area contributed by atoms with E-state index in [1.807, 2.05) is 43.4 Å². The number of aliphatic imine (C=N–C) groups is 1. The van der Waals surface area contributed by atoms with Crippen LogP contribution >= 0.6 is 0 Å². The van der Waals surface area contributed by atoms with Gasteiger partial charge in [0.15, 0.2) is 6.19 Å². The number of likely N-dealkylation sites (tertiary alicyclic amines) is 1. The second-order valence-corrected chi connectivity index (χ2v) is 9.18. The predicted molar refractivity (Wildman–Crippen MR) is 146 cm³/mol. The second-order valence-electron chi connectivity index (χ2n) is 9.18. The number of fused-ring (bicyclic) bond motifs is 1. The SMILES string of the molecule is COc1ccc(CNC(=O)CN2CCCCC(N=C(NC#N)Nc3ccc4oc(C)cc4c3)C2=O)c(OC)c1. The number of carbonyl (C=O) groups is 2. The molecule has 1 unspecified atom stereocenters. The molecule has 1 aliphatic rings. The number of hydrogen-bond acceptors (Lipinski definition) is 7. The average molecular weight is 533 g/mol.